The van der Waals surface area contributed by atoms with E-state index in [4.69, 9.17) is 21.1 Å². The minimum Gasteiger partial charge on any atom is -0.457 e. The molecule has 0 aliphatic carbocycles. The van der Waals surface area contributed by atoms with Crippen LogP contribution in [-0.2, 0) is 10.3 Å². The van der Waals surface area contributed by atoms with E-state index in [1.807, 2.05) is 43.3 Å². The normalized spacial score (nSPS) is 17.9. The van der Waals surface area contributed by atoms with Crippen LogP contribution in [-0.4, -0.2) is 42.9 Å². The third-order valence-electron chi connectivity index (χ3n) is 4.54. The Hall–Kier alpha value is -1.59. The van der Waals surface area contributed by atoms with Crippen molar-refractivity contribution in [3.8, 4) is 11.5 Å². The van der Waals surface area contributed by atoms with Crippen LogP contribution in [0.25, 0.3) is 0 Å². The number of morpholine rings is 1. The summed E-state index contributed by atoms with van der Waals surface area (Å²) in [5.41, 5.74) is 0.0288. The highest BCUT2D eigenvalue weighted by Gasteiger charge is 2.24. The summed E-state index contributed by atoms with van der Waals surface area (Å²) in [5, 5.41) is 11.5. The van der Waals surface area contributed by atoms with Gasteiger partial charge in [0.05, 0.1) is 18.8 Å². The highest BCUT2D eigenvalue weighted by molar-refractivity contribution is 6.30. The van der Waals surface area contributed by atoms with E-state index in [0.29, 0.717) is 11.4 Å². The number of nitrogens with zero attached hydrogens (tertiary/aromatic N) is 1. The first kappa shape index (κ1) is 18.2. The van der Waals surface area contributed by atoms with Gasteiger partial charge >= 0.3 is 0 Å². The Morgan fingerprint density at radius 2 is 1.60 bits per heavy atom. The largest absolute Gasteiger partial charge is 0.457 e. The van der Waals surface area contributed by atoms with Gasteiger partial charge in [-0.05, 0) is 55.3 Å². The van der Waals surface area contributed by atoms with Crippen molar-refractivity contribution in [1.29, 1.82) is 0 Å². The Kier molecular flexibility index (Phi) is 5.97. The van der Waals surface area contributed by atoms with Crippen LogP contribution in [0.4, 0.5) is 0 Å². The average molecular weight is 362 g/mol. The van der Waals surface area contributed by atoms with Gasteiger partial charge in [-0.2, -0.15) is 0 Å². The van der Waals surface area contributed by atoms with Crippen molar-refractivity contribution in [1.82, 2.24) is 4.90 Å². The first-order valence-electron chi connectivity index (χ1n) is 8.59. The molecule has 1 fully saturated rings. The second kappa shape index (κ2) is 8.19. The maximum Gasteiger partial charge on any atom is 0.127 e. The molecule has 1 atom stereocenters. The van der Waals surface area contributed by atoms with E-state index in [1.54, 1.807) is 12.1 Å². The van der Waals surface area contributed by atoms with Crippen LogP contribution < -0.4 is 4.74 Å². The van der Waals surface area contributed by atoms with Gasteiger partial charge in [-0.1, -0.05) is 23.7 Å². The first-order valence-corrected chi connectivity index (χ1v) is 8.97. The summed E-state index contributed by atoms with van der Waals surface area (Å²) in [5.74, 6) is 1.46. The molecule has 1 saturated heterocycles. The Bertz CT molecular complexity index is 664. The molecule has 1 N–H and O–H groups in total. The van der Waals surface area contributed by atoms with Gasteiger partial charge < -0.3 is 14.6 Å². The zero-order valence-electron chi connectivity index (χ0n) is 14.5. The summed E-state index contributed by atoms with van der Waals surface area (Å²) in [6, 6.07) is 14.8. The summed E-state index contributed by atoms with van der Waals surface area (Å²) in [7, 11) is 0. The molecule has 1 unspecified atom stereocenters. The topological polar surface area (TPSA) is 41.9 Å². The highest BCUT2D eigenvalue weighted by atomic mass is 35.5. The Morgan fingerprint density at radius 3 is 2.20 bits per heavy atom. The first-order chi connectivity index (χ1) is 12.0. The lowest BCUT2D eigenvalue weighted by atomic mass is 9.92. The van der Waals surface area contributed by atoms with Crippen molar-refractivity contribution in [2.24, 2.45) is 0 Å². The van der Waals surface area contributed by atoms with Crippen molar-refractivity contribution in [3.63, 3.8) is 0 Å². The van der Waals surface area contributed by atoms with Crippen LogP contribution in [0.5, 0.6) is 11.5 Å². The standard InChI is InChI=1S/C20H24ClNO3/c1-20(23,10-11-22-12-14-24-15-13-22)16-2-6-18(7-3-16)25-19-8-4-17(21)5-9-19/h2-9,23H,10-15H2,1H3. The zero-order chi connectivity index (χ0) is 17.7. The lowest BCUT2D eigenvalue weighted by molar-refractivity contribution is 0.00548. The predicted octanol–water partition coefficient (Wildman–Crippen LogP) is 4.06. The number of hydrogen-bond donors (Lipinski definition) is 1. The second-order valence-corrected chi connectivity index (χ2v) is 6.99. The maximum atomic E-state index is 10.8. The van der Waals surface area contributed by atoms with Crippen LogP contribution in [0, 0.1) is 0 Å². The van der Waals surface area contributed by atoms with E-state index in [9.17, 15) is 5.11 Å². The molecule has 2 aromatic rings. The smallest absolute Gasteiger partial charge is 0.127 e. The van der Waals surface area contributed by atoms with Crippen molar-refractivity contribution >= 4 is 11.6 Å². The second-order valence-electron chi connectivity index (χ2n) is 6.56. The van der Waals surface area contributed by atoms with Gasteiger partial charge in [0, 0.05) is 24.7 Å². The molecule has 0 spiro atoms. The molecule has 0 amide bonds. The fraction of sp³-hybridized carbons (Fsp3) is 0.400. The summed E-state index contributed by atoms with van der Waals surface area (Å²) in [6.45, 7) is 6.15. The third-order valence-corrected chi connectivity index (χ3v) is 4.80. The lowest BCUT2D eigenvalue weighted by Crippen LogP contribution is -2.39. The minimum atomic E-state index is -0.864. The SMILES string of the molecule is CC(O)(CCN1CCOCC1)c1ccc(Oc2ccc(Cl)cc2)cc1. The molecule has 1 heterocycles. The van der Waals surface area contributed by atoms with E-state index >= 15 is 0 Å². The molecule has 5 heteroatoms. The average Bonchev–Trinajstić information content (AvgIpc) is 2.63. The van der Waals surface area contributed by atoms with Gasteiger partial charge in [0.25, 0.3) is 0 Å². The molecule has 25 heavy (non-hydrogen) atoms. The quantitative estimate of drug-likeness (QED) is 0.842. The molecule has 0 saturated carbocycles. The van der Waals surface area contributed by atoms with Crippen LogP contribution in [0.2, 0.25) is 5.02 Å². The lowest BCUT2D eigenvalue weighted by Gasteiger charge is -2.31. The molecule has 1 aliphatic heterocycles. The highest BCUT2D eigenvalue weighted by Crippen LogP contribution is 2.29. The van der Waals surface area contributed by atoms with Crippen molar-refractivity contribution in [2.75, 3.05) is 32.8 Å². The number of ether oxygens (including phenoxy) is 2. The van der Waals surface area contributed by atoms with Gasteiger partial charge in [-0.3, -0.25) is 4.90 Å². The van der Waals surface area contributed by atoms with Crippen molar-refractivity contribution < 1.29 is 14.6 Å². The number of halogens is 1. The van der Waals surface area contributed by atoms with E-state index in [0.717, 1.165) is 49.9 Å². The fourth-order valence-corrected chi connectivity index (χ4v) is 2.99. The molecule has 1 aliphatic rings. The van der Waals surface area contributed by atoms with Gasteiger partial charge in [0.15, 0.2) is 0 Å². The van der Waals surface area contributed by atoms with Crippen LogP contribution in [0.15, 0.2) is 48.5 Å². The fourth-order valence-electron chi connectivity index (χ4n) is 2.87. The van der Waals surface area contributed by atoms with E-state index in [-0.39, 0.29) is 0 Å². The number of rotatable bonds is 6. The number of hydrogen-bond acceptors (Lipinski definition) is 4. The molecule has 0 aromatic heterocycles. The third kappa shape index (κ3) is 5.19. The Labute approximate surface area is 153 Å². The van der Waals surface area contributed by atoms with Gasteiger partial charge in [-0.25, -0.2) is 0 Å². The van der Waals surface area contributed by atoms with E-state index < -0.39 is 5.60 Å². The predicted molar refractivity (Wildman–Crippen MR) is 99.4 cm³/mol. The molecular weight excluding hydrogens is 338 g/mol. The van der Waals surface area contributed by atoms with E-state index in [2.05, 4.69) is 4.90 Å². The van der Waals surface area contributed by atoms with Crippen molar-refractivity contribution in [3.05, 3.63) is 59.1 Å². The number of benzene rings is 2. The van der Waals surface area contributed by atoms with Gasteiger partial charge in [0.1, 0.15) is 11.5 Å². The van der Waals surface area contributed by atoms with Gasteiger partial charge in [-0.15, -0.1) is 0 Å². The van der Waals surface area contributed by atoms with Crippen LogP contribution in [0.3, 0.4) is 0 Å². The van der Waals surface area contributed by atoms with Gasteiger partial charge in [0.2, 0.25) is 0 Å². The minimum absolute atomic E-state index is 0.680. The molecule has 3 rings (SSSR count). The number of aliphatic hydroxyl groups is 1. The van der Waals surface area contributed by atoms with Crippen LogP contribution in [0.1, 0.15) is 18.9 Å². The molecular formula is C20H24ClNO3. The monoisotopic (exact) mass is 361 g/mol. The maximum absolute atomic E-state index is 10.8. The van der Waals surface area contributed by atoms with Crippen LogP contribution >= 0.6 is 11.6 Å². The van der Waals surface area contributed by atoms with E-state index in [1.165, 1.54) is 0 Å². The molecule has 4 nitrogen and oxygen atoms in total. The molecule has 0 bridgehead atoms. The zero-order valence-corrected chi connectivity index (χ0v) is 15.2. The Balaban J connectivity index is 1.58. The summed E-state index contributed by atoms with van der Waals surface area (Å²) in [6.07, 6.45) is 0.685. The molecule has 134 valence electrons. The van der Waals surface area contributed by atoms with Crippen molar-refractivity contribution in [2.45, 2.75) is 18.9 Å². The summed E-state index contributed by atoms with van der Waals surface area (Å²) < 4.78 is 11.2. The Morgan fingerprint density at radius 1 is 1.04 bits per heavy atom. The molecule has 2 aromatic carbocycles. The molecule has 0 radical (unpaired) electrons. The summed E-state index contributed by atoms with van der Waals surface area (Å²) >= 11 is 5.88. The summed E-state index contributed by atoms with van der Waals surface area (Å²) in [4.78, 5) is 2.33.